The number of carbonyl (C=O) groups excluding carboxylic acids is 1. The van der Waals surface area contributed by atoms with Crippen LogP contribution in [0, 0.1) is 6.92 Å². The molecule has 1 aromatic carbocycles. The van der Waals surface area contributed by atoms with Gasteiger partial charge < -0.3 is 15.8 Å². The monoisotopic (exact) mass is 263 g/mol. The maximum Gasteiger partial charge on any atom is 0.238 e. The van der Waals surface area contributed by atoms with Crippen molar-refractivity contribution < 1.29 is 9.53 Å². The molecule has 1 heterocycles. The molecule has 5 nitrogen and oxygen atoms in total. The molecule has 1 saturated heterocycles. The Morgan fingerprint density at radius 1 is 1.58 bits per heavy atom. The highest BCUT2D eigenvalue weighted by atomic mass is 16.5. The summed E-state index contributed by atoms with van der Waals surface area (Å²) in [4.78, 5) is 14.2. The minimum atomic E-state index is -0.0326. The van der Waals surface area contributed by atoms with E-state index in [1.807, 2.05) is 19.1 Å². The van der Waals surface area contributed by atoms with E-state index in [4.69, 9.17) is 10.5 Å². The standard InChI is InChI=1S/C14H21N3O2/c1-10-4-3-5-12(15)14(10)16-13(18)8-17-6-7-19-9-11(17)2/h3-5,11H,6-9,15H2,1-2H3,(H,16,18). The predicted molar refractivity (Wildman–Crippen MR) is 76.1 cm³/mol. The number of ether oxygens (including phenoxy) is 1. The van der Waals surface area contributed by atoms with Crippen molar-refractivity contribution >= 4 is 17.3 Å². The Bertz CT molecular complexity index is 442. The minimum Gasteiger partial charge on any atom is -0.397 e. The van der Waals surface area contributed by atoms with Crippen LogP contribution in [-0.2, 0) is 9.53 Å². The molecular weight excluding hydrogens is 242 g/mol. The first kappa shape index (κ1) is 13.8. The minimum absolute atomic E-state index is 0.0326. The molecule has 1 amide bonds. The first-order valence-electron chi connectivity index (χ1n) is 6.54. The lowest BCUT2D eigenvalue weighted by Crippen LogP contribution is -2.47. The fourth-order valence-electron chi connectivity index (χ4n) is 2.22. The predicted octanol–water partition coefficient (Wildman–Crippen LogP) is 1.24. The summed E-state index contributed by atoms with van der Waals surface area (Å²) < 4.78 is 5.36. The van der Waals surface area contributed by atoms with Crippen LogP contribution < -0.4 is 11.1 Å². The lowest BCUT2D eigenvalue weighted by Gasteiger charge is -2.32. The van der Waals surface area contributed by atoms with Gasteiger partial charge in [-0.2, -0.15) is 0 Å². The first-order chi connectivity index (χ1) is 9.08. The van der Waals surface area contributed by atoms with Crippen molar-refractivity contribution in [3.05, 3.63) is 23.8 Å². The lowest BCUT2D eigenvalue weighted by molar-refractivity contribution is -0.119. The number of aryl methyl sites for hydroxylation is 1. The molecule has 1 aromatic rings. The van der Waals surface area contributed by atoms with Crippen LogP contribution in [-0.4, -0.2) is 43.2 Å². The van der Waals surface area contributed by atoms with Gasteiger partial charge in [0.25, 0.3) is 0 Å². The summed E-state index contributed by atoms with van der Waals surface area (Å²) in [6.45, 7) is 6.53. The quantitative estimate of drug-likeness (QED) is 0.805. The number of rotatable bonds is 3. The van der Waals surface area contributed by atoms with Gasteiger partial charge in [-0.25, -0.2) is 0 Å². The van der Waals surface area contributed by atoms with E-state index < -0.39 is 0 Å². The average molecular weight is 263 g/mol. The van der Waals surface area contributed by atoms with E-state index in [1.54, 1.807) is 6.07 Å². The topological polar surface area (TPSA) is 67.6 Å². The Kier molecular flexibility index (Phi) is 4.39. The zero-order valence-corrected chi connectivity index (χ0v) is 11.5. The zero-order chi connectivity index (χ0) is 13.8. The van der Waals surface area contributed by atoms with Gasteiger partial charge in [-0.3, -0.25) is 9.69 Å². The van der Waals surface area contributed by atoms with Gasteiger partial charge in [0.15, 0.2) is 0 Å². The third-order valence-electron chi connectivity index (χ3n) is 3.42. The summed E-state index contributed by atoms with van der Waals surface area (Å²) in [5.41, 5.74) is 8.17. The maximum atomic E-state index is 12.1. The van der Waals surface area contributed by atoms with Gasteiger partial charge in [0.2, 0.25) is 5.91 Å². The summed E-state index contributed by atoms with van der Waals surface area (Å²) in [7, 11) is 0. The van der Waals surface area contributed by atoms with Gasteiger partial charge in [0, 0.05) is 12.6 Å². The fourth-order valence-corrected chi connectivity index (χ4v) is 2.22. The summed E-state index contributed by atoms with van der Waals surface area (Å²) in [6, 6.07) is 5.88. The summed E-state index contributed by atoms with van der Waals surface area (Å²) in [5.74, 6) is -0.0326. The molecule has 0 spiro atoms. The van der Waals surface area contributed by atoms with Gasteiger partial charge in [-0.1, -0.05) is 12.1 Å². The number of para-hydroxylation sites is 1. The molecule has 2 rings (SSSR count). The second-order valence-corrected chi connectivity index (χ2v) is 4.98. The Labute approximate surface area is 113 Å². The van der Waals surface area contributed by atoms with E-state index in [-0.39, 0.29) is 11.9 Å². The van der Waals surface area contributed by atoms with Gasteiger partial charge in [0.1, 0.15) is 0 Å². The molecular formula is C14H21N3O2. The number of hydrogen-bond acceptors (Lipinski definition) is 4. The van der Waals surface area contributed by atoms with Crippen molar-refractivity contribution in [2.45, 2.75) is 19.9 Å². The number of nitrogens with two attached hydrogens (primary N) is 1. The number of carbonyl (C=O) groups is 1. The van der Waals surface area contributed by atoms with E-state index in [0.717, 1.165) is 12.1 Å². The van der Waals surface area contributed by atoms with Crippen LogP contribution in [0.25, 0.3) is 0 Å². The van der Waals surface area contributed by atoms with Gasteiger partial charge >= 0.3 is 0 Å². The van der Waals surface area contributed by atoms with Crippen molar-refractivity contribution in [1.82, 2.24) is 4.90 Å². The molecule has 0 radical (unpaired) electrons. The van der Waals surface area contributed by atoms with Crippen LogP contribution in [0.5, 0.6) is 0 Å². The highest BCUT2D eigenvalue weighted by Crippen LogP contribution is 2.22. The number of nitrogens with one attached hydrogen (secondary N) is 1. The van der Waals surface area contributed by atoms with Gasteiger partial charge in [0.05, 0.1) is 31.1 Å². The number of nitrogen functional groups attached to an aromatic ring is 1. The molecule has 1 unspecified atom stereocenters. The molecule has 1 atom stereocenters. The van der Waals surface area contributed by atoms with Gasteiger partial charge in [-0.05, 0) is 25.5 Å². The van der Waals surface area contributed by atoms with E-state index in [2.05, 4.69) is 17.1 Å². The van der Waals surface area contributed by atoms with Crippen molar-refractivity contribution in [1.29, 1.82) is 0 Å². The Morgan fingerprint density at radius 3 is 3.05 bits per heavy atom. The van der Waals surface area contributed by atoms with Crippen molar-refractivity contribution in [2.75, 3.05) is 37.4 Å². The van der Waals surface area contributed by atoms with Crippen LogP contribution in [0.2, 0.25) is 0 Å². The molecule has 1 fully saturated rings. The average Bonchev–Trinajstić information content (AvgIpc) is 2.37. The van der Waals surface area contributed by atoms with Crippen molar-refractivity contribution in [3.8, 4) is 0 Å². The Morgan fingerprint density at radius 2 is 2.37 bits per heavy atom. The number of amides is 1. The maximum absolute atomic E-state index is 12.1. The van der Waals surface area contributed by atoms with Crippen LogP contribution >= 0.6 is 0 Å². The van der Waals surface area contributed by atoms with E-state index in [1.165, 1.54) is 0 Å². The second kappa shape index (κ2) is 6.04. The zero-order valence-electron chi connectivity index (χ0n) is 11.5. The van der Waals surface area contributed by atoms with E-state index >= 15 is 0 Å². The molecule has 104 valence electrons. The number of morpholine rings is 1. The fraction of sp³-hybridized carbons (Fsp3) is 0.500. The third-order valence-corrected chi connectivity index (χ3v) is 3.42. The van der Waals surface area contributed by atoms with Crippen LogP contribution in [0.4, 0.5) is 11.4 Å². The normalized spacial score (nSPS) is 20.2. The molecule has 0 saturated carbocycles. The summed E-state index contributed by atoms with van der Waals surface area (Å²) >= 11 is 0. The van der Waals surface area contributed by atoms with Crippen LogP contribution in [0.1, 0.15) is 12.5 Å². The summed E-state index contributed by atoms with van der Waals surface area (Å²) in [5, 5.41) is 2.90. The molecule has 1 aliphatic rings. The molecule has 0 aliphatic carbocycles. The number of benzene rings is 1. The first-order valence-corrected chi connectivity index (χ1v) is 6.54. The second-order valence-electron chi connectivity index (χ2n) is 4.98. The SMILES string of the molecule is Cc1cccc(N)c1NC(=O)CN1CCOCC1C. The molecule has 5 heteroatoms. The molecule has 0 aromatic heterocycles. The van der Waals surface area contributed by atoms with E-state index in [0.29, 0.717) is 31.1 Å². The smallest absolute Gasteiger partial charge is 0.238 e. The number of hydrogen-bond donors (Lipinski definition) is 2. The molecule has 3 N–H and O–H groups in total. The Hall–Kier alpha value is -1.59. The highest BCUT2D eigenvalue weighted by molar-refractivity contribution is 5.96. The largest absolute Gasteiger partial charge is 0.397 e. The highest BCUT2D eigenvalue weighted by Gasteiger charge is 2.21. The molecule has 0 bridgehead atoms. The molecule has 19 heavy (non-hydrogen) atoms. The number of anilines is 2. The number of nitrogens with zero attached hydrogens (tertiary/aromatic N) is 1. The lowest BCUT2D eigenvalue weighted by atomic mass is 10.1. The van der Waals surface area contributed by atoms with E-state index in [9.17, 15) is 4.79 Å². The van der Waals surface area contributed by atoms with Crippen molar-refractivity contribution in [3.63, 3.8) is 0 Å². The van der Waals surface area contributed by atoms with Crippen LogP contribution in [0.15, 0.2) is 18.2 Å². The third kappa shape index (κ3) is 3.45. The Balaban J connectivity index is 1.97. The van der Waals surface area contributed by atoms with Crippen LogP contribution in [0.3, 0.4) is 0 Å². The van der Waals surface area contributed by atoms with Crippen molar-refractivity contribution in [2.24, 2.45) is 0 Å². The summed E-state index contributed by atoms with van der Waals surface area (Å²) in [6.07, 6.45) is 0. The van der Waals surface area contributed by atoms with Gasteiger partial charge in [-0.15, -0.1) is 0 Å². The molecule has 1 aliphatic heterocycles.